The van der Waals surface area contributed by atoms with Crippen LogP contribution >= 0.6 is 0 Å². The molecule has 0 saturated carbocycles. The van der Waals surface area contributed by atoms with E-state index in [2.05, 4.69) is 20.9 Å². The molecule has 2 aromatic rings. The molecule has 0 spiro atoms. The van der Waals surface area contributed by atoms with E-state index in [-0.39, 0.29) is 31.2 Å². The number of nitrogens with two attached hydrogens (primary N) is 4. The van der Waals surface area contributed by atoms with Crippen molar-refractivity contribution in [2.45, 2.75) is 52.1 Å². The number of carbonyl (C=O) groups excluding carboxylic acids is 4. The van der Waals surface area contributed by atoms with Crippen molar-refractivity contribution in [3.63, 3.8) is 0 Å². The first-order chi connectivity index (χ1) is 19.7. The van der Waals surface area contributed by atoms with E-state index in [9.17, 15) is 19.2 Å². The summed E-state index contributed by atoms with van der Waals surface area (Å²) in [6.45, 7) is 5.48. The maximum atomic E-state index is 13.7. The zero-order chi connectivity index (χ0) is 31.4. The second kappa shape index (κ2) is 15.2. The van der Waals surface area contributed by atoms with Crippen molar-refractivity contribution in [3.05, 3.63) is 65.7 Å². The fourth-order valence-corrected chi connectivity index (χ4v) is 4.07. The molecule has 2 rings (SSSR count). The third-order valence-corrected chi connectivity index (χ3v) is 6.40. The van der Waals surface area contributed by atoms with Crippen molar-refractivity contribution < 1.29 is 19.2 Å². The van der Waals surface area contributed by atoms with Crippen LogP contribution in [0.25, 0.3) is 0 Å². The summed E-state index contributed by atoms with van der Waals surface area (Å²) in [5, 5.41) is 15.7. The number of carbonyl (C=O) groups is 4. The fraction of sp³-hybridized carbons (Fsp3) is 0.379. The molecule has 226 valence electrons. The number of anilines is 1. The lowest BCUT2D eigenvalue weighted by molar-refractivity contribution is -0.138. The van der Waals surface area contributed by atoms with Crippen LogP contribution in [0.15, 0.2) is 59.6 Å². The second-order valence-corrected chi connectivity index (χ2v) is 10.9. The number of rotatable bonds is 14. The lowest BCUT2D eigenvalue weighted by atomic mass is 9.85. The van der Waals surface area contributed by atoms with Gasteiger partial charge in [-0.3, -0.25) is 29.6 Å². The van der Waals surface area contributed by atoms with E-state index >= 15 is 0 Å². The molecule has 0 aliphatic carbocycles. The first-order valence-electron chi connectivity index (χ1n) is 13.4. The Morgan fingerprint density at radius 2 is 1.48 bits per heavy atom. The smallest absolute Gasteiger partial charge is 0.243 e. The average Bonchev–Trinajstić information content (AvgIpc) is 2.91. The highest BCUT2D eigenvalue weighted by molar-refractivity contribution is 6.07. The van der Waals surface area contributed by atoms with Crippen LogP contribution in [-0.4, -0.2) is 54.1 Å². The molecule has 12 N–H and O–H groups in total. The summed E-state index contributed by atoms with van der Waals surface area (Å²) < 4.78 is 0. The number of hydrogen-bond acceptors (Lipinski definition) is 6. The Balaban J connectivity index is 2.29. The molecule has 0 saturated heterocycles. The van der Waals surface area contributed by atoms with Crippen LogP contribution in [0.4, 0.5) is 5.69 Å². The predicted octanol–water partition coefficient (Wildman–Crippen LogP) is 0.323. The van der Waals surface area contributed by atoms with Crippen molar-refractivity contribution in [1.82, 2.24) is 10.6 Å². The Morgan fingerprint density at radius 3 is 2.00 bits per heavy atom. The Morgan fingerprint density at radius 1 is 0.857 bits per heavy atom. The number of para-hydroxylation sites is 1. The largest absolute Gasteiger partial charge is 0.384 e. The highest BCUT2D eigenvalue weighted by Gasteiger charge is 2.37. The zero-order valence-electron chi connectivity index (χ0n) is 24.1. The summed E-state index contributed by atoms with van der Waals surface area (Å²) in [5.74, 6) is -4.06. The van der Waals surface area contributed by atoms with Crippen molar-refractivity contribution in [2.24, 2.45) is 39.3 Å². The van der Waals surface area contributed by atoms with Gasteiger partial charge in [0.1, 0.15) is 23.8 Å². The van der Waals surface area contributed by atoms with E-state index in [0.29, 0.717) is 23.2 Å². The predicted molar refractivity (Wildman–Crippen MR) is 162 cm³/mol. The lowest BCUT2D eigenvalue weighted by Gasteiger charge is -2.32. The number of aliphatic imine (C=N–C) groups is 1. The average molecular weight is 580 g/mol. The van der Waals surface area contributed by atoms with Gasteiger partial charge in [0.2, 0.25) is 23.6 Å². The zero-order valence-corrected chi connectivity index (χ0v) is 24.1. The number of nitrogens with zero attached hydrogens (tertiary/aromatic N) is 1. The third-order valence-electron chi connectivity index (χ3n) is 6.40. The Labute approximate surface area is 245 Å². The van der Waals surface area contributed by atoms with Gasteiger partial charge in [0.15, 0.2) is 5.96 Å². The van der Waals surface area contributed by atoms with Crippen LogP contribution in [0.5, 0.6) is 0 Å². The van der Waals surface area contributed by atoms with Crippen LogP contribution in [0.2, 0.25) is 0 Å². The molecule has 13 nitrogen and oxygen atoms in total. The minimum absolute atomic E-state index is 0.00979. The summed E-state index contributed by atoms with van der Waals surface area (Å²) in [6, 6.07) is 13.2. The van der Waals surface area contributed by atoms with Gasteiger partial charge in [-0.05, 0) is 42.4 Å². The Hall–Kier alpha value is -4.94. The van der Waals surface area contributed by atoms with Gasteiger partial charge in [0.05, 0.1) is 0 Å². The van der Waals surface area contributed by atoms with Gasteiger partial charge in [-0.25, -0.2) is 0 Å². The van der Waals surface area contributed by atoms with Gasteiger partial charge < -0.3 is 38.9 Å². The molecule has 0 aliphatic heterocycles. The summed E-state index contributed by atoms with van der Waals surface area (Å²) in [5.41, 5.74) is 22.6. The molecule has 0 heterocycles. The standard InChI is InChI=1S/C29H41N9O4/c1-29(2,3)22(27(42)37-21(24(32)39)10-7-15-35-28(33)34)38-26(41)20(25(40)36-19-8-5-4-6-9-19)16-17-11-13-18(14-12-17)23(30)31/h4-6,8-9,11-14,20-22H,7,10,15-16H2,1-3H3,(H3,30,31)(H2,32,39)(H,36,40)(H,37,42)(H,38,41)(H4,33,34,35)/t20?,21-,22+/m0/s1. The maximum absolute atomic E-state index is 13.7. The number of primary amides is 1. The van der Waals surface area contributed by atoms with Gasteiger partial charge in [-0.2, -0.15) is 0 Å². The molecule has 0 aliphatic rings. The molecule has 0 fully saturated rings. The van der Waals surface area contributed by atoms with Gasteiger partial charge in [-0.15, -0.1) is 0 Å². The highest BCUT2D eigenvalue weighted by Crippen LogP contribution is 2.22. The minimum Gasteiger partial charge on any atom is -0.384 e. The van der Waals surface area contributed by atoms with Crippen LogP contribution in [0.3, 0.4) is 0 Å². The first-order valence-corrected chi connectivity index (χ1v) is 13.4. The fourth-order valence-electron chi connectivity index (χ4n) is 4.07. The molecule has 4 amide bonds. The molecule has 2 aromatic carbocycles. The van der Waals surface area contributed by atoms with E-state index in [0.717, 1.165) is 0 Å². The molecule has 3 atom stereocenters. The minimum atomic E-state index is -1.22. The summed E-state index contributed by atoms with van der Waals surface area (Å²) in [7, 11) is 0. The molecular weight excluding hydrogens is 538 g/mol. The maximum Gasteiger partial charge on any atom is 0.243 e. The number of nitrogens with one attached hydrogen (secondary N) is 4. The topological polar surface area (TPSA) is 245 Å². The molecule has 0 bridgehead atoms. The molecule has 1 unspecified atom stereocenters. The number of amides is 4. The molecule has 13 heteroatoms. The van der Waals surface area contributed by atoms with Crippen molar-refractivity contribution >= 4 is 41.1 Å². The summed E-state index contributed by atoms with van der Waals surface area (Å²) in [6.07, 6.45) is 0.569. The monoisotopic (exact) mass is 579 g/mol. The van der Waals surface area contributed by atoms with Gasteiger partial charge >= 0.3 is 0 Å². The van der Waals surface area contributed by atoms with E-state index in [1.807, 2.05) is 0 Å². The lowest BCUT2D eigenvalue weighted by Crippen LogP contribution is -2.58. The molecular formula is C29H41N9O4. The Kier molecular flexibility index (Phi) is 12.0. The Bertz CT molecular complexity index is 1280. The number of nitrogen functional groups attached to an aromatic ring is 1. The van der Waals surface area contributed by atoms with Crippen LogP contribution in [0, 0.1) is 16.7 Å². The van der Waals surface area contributed by atoms with E-state index < -0.39 is 47.0 Å². The van der Waals surface area contributed by atoms with Crippen molar-refractivity contribution in [3.8, 4) is 0 Å². The van der Waals surface area contributed by atoms with Gasteiger partial charge in [0, 0.05) is 17.8 Å². The first kappa shape index (κ1) is 33.3. The van der Waals surface area contributed by atoms with Crippen molar-refractivity contribution in [2.75, 3.05) is 11.9 Å². The highest BCUT2D eigenvalue weighted by atomic mass is 16.2. The molecule has 42 heavy (non-hydrogen) atoms. The normalized spacial score (nSPS) is 13.1. The summed E-state index contributed by atoms with van der Waals surface area (Å²) in [4.78, 5) is 56.4. The van der Waals surface area contributed by atoms with E-state index in [4.69, 9.17) is 28.3 Å². The van der Waals surface area contributed by atoms with Gasteiger partial charge in [-0.1, -0.05) is 63.2 Å². The van der Waals surface area contributed by atoms with Crippen LogP contribution in [-0.2, 0) is 25.6 Å². The van der Waals surface area contributed by atoms with E-state index in [1.165, 1.54) is 0 Å². The molecule has 0 radical (unpaired) electrons. The number of hydrogen-bond donors (Lipinski definition) is 8. The number of amidine groups is 1. The third kappa shape index (κ3) is 10.6. The van der Waals surface area contributed by atoms with Crippen LogP contribution < -0.4 is 38.9 Å². The quantitative estimate of drug-likeness (QED) is 0.0673. The molecule has 0 aromatic heterocycles. The van der Waals surface area contributed by atoms with E-state index in [1.54, 1.807) is 75.4 Å². The summed E-state index contributed by atoms with van der Waals surface area (Å²) >= 11 is 0. The van der Waals surface area contributed by atoms with Crippen molar-refractivity contribution in [1.29, 1.82) is 5.41 Å². The number of guanidine groups is 1. The van der Waals surface area contributed by atoms with Crippen LogP contribution in [0.1, 0.15) is 44.7 Å². The van der Waals surface area contributed by atoms with Gasteiger partial charge in [0.25, 0.3) is 0 Å². The SMILES string of the molecule is CC(C)(C)[C@H](NC(=O)C(Cc1ccc(C(=N)N)cc1)C(=O)Nc1ccccc1)C(=O)N[C@@H](CCCN=C(N)N)C(N)=O. The second-order valence-electron chi connectivity index (χ2n) is 10.9. The number of benzene rings is 2.